The van der Waals surface area contributed by atoms with Crippen LogP contribution in [0.5, 0.6) is 0 Å². The third-order valence-corrected chi connectivity index (χ3v) is 10.6. The number of fused-ring (bicyclic) bond motifs is 5. The van der Waals surface area contributed by atoms with Crippen LogP contribution in [0.25, 0.3) is 0 Å². The molecule has 1 aliphatic heterocycles. The predicted octanol–water partition coefficient (Wildman–Crippen LogP) is 2.83. The van der Waals surface area contributed by atoms with Gasteiger partial charge < -0.3 is 24.4 Å². The zero-order valence-corrected chi connectivity index (χ0v) is 21.0. The Labute approximate surface area is 206 Å². The van der Waals surface area contributed by atoms with E-state index in [1.807, 2.05) is 0 Å². The van der Waals surface area contributed by atoms with Crippen molar-refractivity contribution in [2.75, 3.05) is 13.2 Å². The molecule has 35 heavy (non-hydrogen) atoms. The standard InChI is InChI=1S/C27H38O8/c1-16(28)34-15-25-9-4-19(35-17(2)29)13-26(25,31)10-6-22-21(25)5-8-24(3)20(7-11-27(22,24)32)18-12-23(30)33-14-18/h12,19-22,31-32H,4-11,13-15H2,1-3H3/t19-,20+,21-,22+,24+,25-,26-,27+/m0/s1. The second-order valence-corrected chi connectivity index (χ2v) is 12.0. The molecule has 0 aromatic carbocycles. The Balaban J connectivity index is 1.48. The number of hydrogen-bond acceptors (Lipinski definition) is 8. The van der Waals surface area contributed by atoms with E-state index in [0.29, 0.717) is 45.1 Å². The minimum Gasteiger partial charge on any atom is -0.465 e. The highest BCUT2D eigenvalue weighted by atomic mass is 16.5. The van der Waals surface area contributed by atoms with Crippen molar-refractivity contribution in [1.29, 1.82) is 0 Å². The van der Waals surface area contributed by atoms with E-state index in [1.54, 1.807) is 6.08 Å². The van der Waals surface area contributed by atoms with Crippen molar-refractivity contribution in [1.82, 2.24) is 0 Å². The van der Waals surface area contributed by atoms with Crippen molar-refractivity contribution in [2.45, 2.75) is 95.9 Å². The predicted molar refractivity (Wildman–Crippen MR) is 124 cm³/mol. The quantitative estimate of drug-likeness (QED) is 0.456. The van der Waals surface area contributed by atoms with Crippen molar-refractivity contribution >= 4 is 17.9 Å². The maximum Gasteiger partial charge on any atom is 0.331 e. The Morgan fingerprint density at radius 3 is 2.43 bits per heavy atom. The molecule has 0 aromatic heterocycles. The van der Waals surface area contributed by atoms with Crippen molar-refractivity contribution < 1.29 is 38.8 Å². The van der Waals surface area contributed by atoms with Gasteiger partial charge in [-0.05, 0) is 74.7 Å². The molecule has 0 aromatic rings. The topological polar surface area (TPSA) is 119 Å². The maximum atomic E-state index is 12.4. The molecule has 4 fully saturated rings. The number of carbonyl (C=O) groups is 3. The number of esters is 3. The van der Waals surface area contributed by atoms with Crippen LogP contribution in [-0.4, -0.2) is 58.6 Å². The summed E-state index contributed by atoms with van der Waals surface area (Å²) >= 11 is 0. The van der Waals surface area contributed by atoms with Crippen molar-refractivity contribution in [3.8, 4) is 0 Å². The first-order chi connectivity index (χ1) is 16.4. The third-order valence-electron chi connectivity index (χ3n) is 10.6. The summed E-state index contributed by atoms with van der Waals surface area (Å²) in [7, 11) is 0. The summed E-state index contributed by atoms with van der Waals surface area (Å²) in [6.45, 7) is 5.33. The molecule has 8 nitrogen and oxygen atoms in total. The third kappa shape index (κ3) is 3.57. The summed E-state index contributed by atoms with van der Waals surface area (Å²) in [4.78, 5) is 35.3. The van der Waals surface area contributed by atoms with E-state index >= 15 is 0 Å². The number of ether oxygens (including phenoxy) is 3. The molecule has 8 heteroatoms. The summed E-state index contributed by atoms with van der Waals surface area (Å²) in [5, 5.41) is 24.5. The lowest BCUT2D eigenvalue weighted by molar-refractivity contribution is -0.271. The second-order valence-electron chi connectivity index (χ2n) is 12.0. The molecule has 0 amide bonds. The van der Waals surface area contributed by atoms with Crippen molar-refractivity contribution in [3.63, 3.8) is 0 Å². The van der Waals surface area contributed by atoms with E-state index < -0.39 is 16.6 Å². The van der Waals surface area contributed by atoms with Gasteiger partial charge in [0, 0.05) is 37.2 Å². The van der Waals surface area contributed by atoms with Gasteiger partial charge in [-0.1, -0.05) is 6.92 Å². The smallest absolute Gasteiger partial charge is 0.331 e. The zero-order chi connectivity index (χ0) is 25.2. The highest BCUT2D eigenvalue weighted by Gasteiger charge is 2.71. The van der Waals surface area contributed by atoms with E-state index in [9.17, 15) is 24.6 Å². The summed E-state index contributed by atoms with van der Waals surface area (Å²) < 4.78 is 16.3. The monoisotopic (exact) mass is 490 g/mol. The van der Waals surface area contributed by atoms with E-state index in [-0.39, 0.29) is 53.8 Å². The molecule has 0 radical (unpaired) electrons. The van der Waals surface area contributed by atoms with Gasteiger partial charge in [0.2, 0.25) is 0 Å². The minimum atomic E-state index is -1.14. The fraction of sp³-hybridized carbons (Fsp3) is 0.815. The molecule has 5 rings (SSSR count). The molecule has 0 spiro atoms. The average molecular weight is 491 g/mol. The van der Waals surface area contributed by atoms with E-state index in [2.05, 4.69) is 6.92 Å². The fourth-order valence-corrected chi connectivity index (χ4v) is 9.03. The van der Waals surface area contributed by atoms with Crippen molar-refractivity contribution in [3.05, 3.63) is 11.6 Å². The Morgan fingerprint density at radius 2 is 1.77 bits per heavy atom. The average Bonchev–Trinajstić information content (AvgIpc) is 3.31. The lowest BCUT2D eigenvalue weighted by atomic mass is 9.41. The second kappa shape index (κ2) is 8.30. The van der Waals surface area contributed by atoms with Gasteiger partial charge >= 0.3 is 17.9 Å². The first-order valence-electron chi connectivity index (χ1n) is 13.1. The van der Waals surface area contributed by atoms with Gasteiger partial charge in [-0.2, -0.15) is 0 Å². The van der Waals surface area contributed by atoms with Gasteiger partial charge in [-0.3, -0.25) is 9.59 Å². The van der Waals surface area contributed by atoms with Crippen LogP contribution in [0.15, 0.2) is 11.6 Å². The maximum absolute atomic E-state index is 12.4. The molecule has 0 bridgehead atoms. The Bertz CT molecular complexity index is 959. The van der Waals surface area contributed by atoms with Crippen LogP contribution < -0.4 is 0 Å². The van der Waals surface area contributed by atoms with Crippen LogP contribution in [0.4, 0.5) is 0 Å². The molecule has 8 atom stereocenters. The Hall–Kier alpha value is -1.93. The summed E-state index contributed by atoms with van der Waals surface area (Å²) in [6, 6.07) is 0. The Kier molecular flexibility index (Phi) is 5.87. The number of aliphatic hydroxyl groups is 2. The van der Waals surface area contributed by atoms with E-state index in [0.717, 1.165) is 24.8 Å². The van der Waals surface area contributed by atoms with Crippen LogP contribution in [0.1, 0.15) is 78.6 Å². The molecule has 5 aliphatic rings. The molecule has 4 aliphatic carbocycles. The van der Waals surface area contributed by atoms with Gasteiger partial charge in [0.15, 0.2) is 0 Å². The van der Waals surface area contributed by atoms with Crippen molar-refractivity contribution in [2.24, 2.45) is 28.6 Å². The van der Waals surface area contributed by atoms with Crippen LogP contribution in [0, 0.1) is 28.6 Å². The Morgan fingerprint density at radius 1 is 1.03 bits per heavy atom. The number of carbonyl (C=O) groups excluding carboxylic acids is 3. The largest absolute Gasteiger partial charge is 0.465 e. The molecule has 194 valence electrons. The number of hydrogen-bond donors (Lipinski definition) is 2. The van der Waals surface area contributed by atoms with E-state index in [1.165, 1.54) is 13.8 Å². The summed E-state index contributed by atoms with van der Waals surface area (Å²) in [6.07, 6.45) is 6.83. The van der Waals surface area contributed by atoms with Gasteiger partial charge in [-0.15, -0.1) is 0 Å². The van der Waals surface area contributed by atoms with Gasteiger partial charge in [-0.25, -0.2) is 4.79 Å². The van der Waals surface area contributed by atoms with Crippen LogP contribution in [0.3, 0.4) is 0 Å². The van der Waals surface area contributed by atoms with E-state index in [4.69, 9.17) is 14.2 Å². The highest BCUT2D eigenvalue weighted by Crippen LogP contribution is 2.70. The first-order valence-corrected chi connectivity index (χ1v) is 13.1. The number of cyclic esters (lactones) is 1. The molecule has 1 heterocycles. The van der Waals surface area contributed by atoms with Crippen LogP contribution in [-0.2, 0) is 28.6 Å². The fourth-order valence-electron chi connectivity index (χ4n) is 9.03. The molecular formula is C27H38O8. The van der Waals surface area contributed by atoms with Crippen LogP contribution in [0.2, 0.25) is 0 Å². The lowest BCUT2D eigenvalue weighted by Crippen LogP contribution is -2.69. The van der Waals surface area contributed by atoms with Crippen LogP contribution >= 0.6 is 0 Å². The minimum absolute atomic E-state index is 0.0221. The zero-order valence-electron chi connectivity index (χ0n) is 21.0. The van der Waals surface area contributed by atoms with Gasteiger partial charge in [0.25, 0.3) is 0 Å². The van der Waals surface area contributed by atoms with Gasteiger partial charge in [0.1, 0.15) is 12.7 Å². The molecule has 4 saturated carbocycles. The molecule has 0 saturated heterocycles. The van der Waals surface area contributed by atoms with Gasteiger partial charge in [0.05, 0.1) is 17.8 Å². The lowest BCUT2D eigenvalue weighted by Gasteiger charge is -2.66. The molecular weight excluding hydrogens is 452 g/mol. The summed E-state index contributed by atoms with van der Waals surface area (Å²) in [5.41, 5.74) is -2.18. The summed E-state index contributed by atoms with van der Waals surface area (Å²) in [5.74, 6) is -1.03. The molecule has 2 N–H and O–H groups in total. The first kappa shape index (κ1) is 24.8. The SMILES string of the molecule is CC(=O)OC[C@]12CC[C@H](OC(C)=O)C[C@@]1(O)CC[C@@H]1[C@@H]2CC[C@]2(C)[C@@H](C3=CC(=O)OC3)CC[C@@]12O. The normalized spacial score (nSPS) is 46.5. The number of rotatable bonds is 4. The highest BCUT2D eigenvalue weighted by molar-refractivity contribution is 5.85. The molecule has 0 unspecified atom stereocenters.